The molecule has 1 aromatic rings. The lowest BCUT2D eigenvalue weighted by Crippen LogP contribution is -2.47. The highest BCUT2D eigenvalue weighted by Crippen LogP contribution is 2.27. The van der Waals surface area contributed by atoms with Crippen molar-refractivity contribution in [3.05, 3.63) is 30.3 Å². The average Bonchev–Trinajstić information content (AvgIpc) is 2.32. The summed E-state index contributed by atoms with van der Waals surface area (Å²) in [4.78, 5) is 7.29. The molecule has 15 heavy (non-hydrogen) atoms. The van der Waals surface area contributed by atoms with Gasteiger partial charge in [-0.2, -0.15) is 0 Å². The molecule has 78 valence electrons. The van der Waals surface area contributed by atoms with Gasteiger partial charge in [0.1, 0.15) is 0 Å². The Labute approximate surface area is 90.6 Å². The van der Waals surface area contributed by atoms with Crippen LogP contribution in [0.25, 0.3) is 0 Å². The highest BCUT2D eigenvalue weighted by atomic mass is 15.2. The molecule has 3 fully saturated rings. The van der Waals surface area contributed by atoms with Crippen LogP contribution in [0.3, 0.4) is 0 Å². The Morgan fingerprint density at radius 2 is 1.80 bits per heavy atom. The van der Waals surface area contributed by atoms with Crippen LogP contribution in [0.2, 0.25) is 0 Å². The van der Waals surface area contributed by atoms with E-state index in [2.05, 4.69) is 29.2 Å². The minimum Gasteiger partial charge on any atom is -0.298 e. The molecular formula is C13H16N2. The van der Waals surface area contributed by atoms with Crippen LogP contribution in [0.1, 0.15) is 12.8 Å². The molecule has 3 saturated heterocycles. The molecule has 0 spiro atoms. The highest BCUT2D eigenvalue weighted by molar-refractivity contribution is 5.92. The van der Waals surface area contributed by atoms with Crippen molar-refractivity contribution in [2.75, 3.05) is 19.6 Å². The Kier molecular flexibility index (Phi) is 2.29. The molecule has 0 unspecified atom stereocenters. The maximum Gasteiger partial charge on any atom is 0.0629 e. The molecule has 0 saturated carbocycles. The monoisotopic (exact) mass is 200 g/mol. The third-order valence-corrected chi connectivity index (χ3v) is 3.47. The van der Waals surface area contributed by atoms with Gasteiger partial charge in [-0.15, -0.1) is 0 Å². The van der Waals surface area contributed by atoms with Crippen molar-refractivity contribution in [1.29, 1.82) is 0 Å². The van der Waals surface area contributed by atoms with Crippen LogP contribution >= 0.6 is 0 Å². The number of aliphatic imine (C=N–C) groups is 1. The SMILES string of the molecule is c1ccc(N=C2CN3CCC2CC3)cc1. The van der Waals surface area contributed by atoms with Crippen LogP contribution in [0.5, 0.6) is 0 Å². The molecule has 0 N–H and O–H groups in total. The molecule has 0 aliphatic carbocycles. The third kappa shape index (κ3) is 1.82. The fourth-order valence-electron chi connectivity index (χ4n) is 2.58. The number of hydrogen-bond acceptors (Lipinski definition) is 2. The van der Waals surface area contributed by atoms with Crippen LogP contribution < -0.4 is 0 Å². The second-order valence-electron chi connectivity index (χ2n) is 4.49. The largest absolute Gasteiger partial charge is 0.298 e. The van der Waals surface area contributed by atoms with E-state index in [4.69, 9.17) is 4.99 Å². The number of piperidine rings is 3. The summed E-state index contributed by atoms with van der Waals surface area (Å²) in [5.41, 5.74) is 2.51. The first-order chi connectivity index (χ1) is 7.42. The van der Waals surface area contributed by atoms with E-state index < -0.39 is 0 Å². The fourth-order valence-corrected chi connectivity index (χ4v) is 2.58. The van der Waals surface area contributed by atoms with Gasteiger partial charge in [0.15, 0.2) is 0 Å². The Morgan fingerprint density at radius 1 is 1.07 bits per heavy atom. The number of fused-ring (bicyclic) bond motifs is 3. The summed E-state index contributed by atoms with van der Waals surface area (Å²) in [6.45, 7) is 3.65. The van der Waals surface area contributed by atoms with Gasteiger partial charge in [0.2, 0.25) is 0 Å². The molecule has 2 nitrogen and oxygen atoms in total. The van der Waals surface area contributed by atoms with Gasteiger partial charge in [-0.25, -0.2) is 0 Å². The molecule has 2 bridgehead atoms. The van der Waals surface area contributed by atoms with Crippen LogP contribution in [0.4, 0.5) is 5.69 Å². The van der Waals surface area contributed by atoms with Crippen molar-refractivity contribution in [2.45, 2.75) is 12.8 Å². The summed E-state index contributed by atoms with van der Waals surface area (Å²) < 4.78 is 0. The van der Waals surface area contributed by atoms with E-state index in [9.17, 15) is 0 Å². The zero-order chi connectivity index (χ0) is 10.1. The summed E-state index contributed by atoms with van der Waals surface area (Å²) in [5.74, 6) is 0.759. The molecule has 3 aliphatic heterocycles. The molecule has 0 radical (unpaired) electrons. The van der Waals surface area contributed by atoms with E-state index in [0.717, 1.165) is 18.2 Å². The van der Waals surface area contributed by atoms with Crippen LogP contribution in [-0.4, -0.2) is 30.2 Å². The van der Waals surface area contributed by atoms with Gasteiger partial charge >= 0.3 is 0 Å². The minimum absolute atomic E-state index is 0.759. The van der Waals surface area contributed by atoms with E-state index in [0.29, 0.717) is 0 Å². The topological polar surface area (TPSA) is 15.6 Å². The van der Waals surface area contributed by atoms with E-state index >= 15 is 0 Å². The molecule has 0 amide bonds. The molecule has 2 heteroatoms. The lowest BCUT2D eigenvalue weighted by atomic mass is 9.86. The van der Waals surface area contributed by atoms with Crippen LogP contribution in [0.15, 0.2) is 35.3 Å². The second-order valence-corrected chi connectivity index (χ2v) is 4.49. The molecule has 4 rings (SSSR count). The Hall–Kier alpha value is -1.15. The smallest absolute Gasteiger partial charge is 0.0629 e. The van der Waals surface area contributed by atoms with Crippen LogP contribution in [0, 0.1) is 5.92 Å². The zero-order valence-corrected chi connectivity index (χ0v) is 8.89. The highest BCUT2D eigenvalue weighted by Gasteiger charge is 2.30. The number of rotatable bonds is 1. The van der Waals surface area contributed by atoms with Gasteiger partial charge in [0, 0.05) is 18.2 Å². The molecule has 1 aromatic carbocycles. The van der Waals surface area contributed by atoms with Gasteiger partial charge in [0.25, 0.3) is 0 Å². The van der Waals surface area contributed by atoms with Crippen molar-refractivity contribution in [2.24, 2.45) is 10.9 Å². The first kappa shape index (κ1) is 9.10. The van der Waals surface area contributed by atoms with E-state index in [1.54, 1.807) is 0 Å². The molecule has 3 heterocycles. The summed E-state index contributed by atoms with van der Waals surface area (Å²) in [5, 5.41) is 0. The first-order valence-electron chi connectivity index (χ1n) is 5.77. The van der Waals surface area contributed by atoms with E-state index in [-0.39, 0.29) is 0 Å². The molecule has 3 aliphatic rings. The summed E-state index contributed by atoms with van der Waals surface area (Å²) in [7, 11) is 0. The minimum atomic E-state index is 0.759. The molecule has 0 atom stereocenters. The Morgan fingerprint density at radius 3 is 2.40 bits per heavy atom. The van der Waals surface area contributed by atoms with Gasteiger partial charge in [-0.3, -0.25) is 9.89 Å². The van der Waals surface area contributed by atoms with Crippen molar-refractivity contribution in [3.8, 4) is 0 Å². The first-order valence-corrected chi connectivity index (χ1v) is 5.77. The number of nitrogens with zero attached hydrogens (tertiary/aromatic N) is 2. The van der Waals surface area contributed by atoms with Gasteiger partial charge in [0.05, 0.1) is 5.69 Å². The van der Waals surface area contributed by atoms with E-state index in [1.807, 2.05) is 6.07 Å². The van der Waals surface area contributed by atoms with Gasteiger partial charge in [-0.1, -0.05) is 18.2 Å². The number of hydrogen-bond donors (Lipinski definition) is 0. The standard InChI is InChI=1S/C13H16N2/c1-2-4-12(5-3-1)14-13-10-15-8-6-11(13)7-9-15/h1-5,11H,6-10H2. The van der Waals surface area contributed by atoms with E-state index in [1.165, 1.54) is 31.6 Å². The van der Waals surface area contributed by atoms with Crippen molar-refractivity contribution in [3.63, 3.8) is 0 Å². The zero-order valence-electron chi connectivity index (χ0n) is 8.89. The Balaban J connectivity index is 1.85. The lowest BCUT2D eigenvalue weighted by Gasteiger charge is -2.39. The molecule has 0 aromatic heterocycles. The summed E-state index contributed by atoms with van der Waals surface area (Å²) >= 11 is 0. The average molecular weight is 200 g/mol. The molecular weight excluding hydrogens is 184 g/mol. The Bertz CT molecular complexity index is 361. The maximum atomic E-state index is 4.78. The predicted molar refractivity (Wildman–Crippen MR) is 62.7 cm³/mol. The number of benzene rings is 1. The normalized spacial score (nSPS) is 32.1. The third-order valence-electron chi connectivity index (χ3n) is 3.47. The van der Waals surface area contributed by atoms with Crippen molar-refractivity contribution >= 4 is 11.4 Å². The quantitative estimate of drug-likeness (QED) is 0.680. The maximum absolute atomic E-state index is 4.78. The second kappa shape index (κ2) is 3.78. The van der Waals surface area contributed by atoms with Crippen LogP contribution in [-0.2, 0) is 0 Å². The van der Waals surface area contributed by atoms with Crippen molar-refractivity contribution in [1.82, 2.24) is 4.90 Å². The fraction of sp³-hybridized carbons (Fsp3) is 0.462. The van der Waals surface area contributed by atoms with Crippen molar-refractivity contribution < 1.29 is 0 Å². The van der Waals surface area contributed by atoms with Gasteiger partial charge in [-0.05, 0) is 38.1 Å². The summed E-state index contributed by atoms with van der Waals surface area (Å²) in [6, 6.07) is 10.3. The lowest BCUT2D eigenvalue weighted by molar-refractivity contribution is 0.200. The number of para-hydroxylation sites is 1. The summed E-state index contributed by atoms with van der Waals surface area (Å²) in [6.07, 6.45) is 2.62. The predicted octanol–water partition coefficient (Wildman–Crippen LogP) is 2.48. The van der Waals surface area contributed by atoms with Gasteiger partial charge < -0.3 is 0 Å².